The number of methoxy groups -OCH3 is 1. The maximum absolute atomic E-state index is 12.1. The van der Waals surface area contributed by atoms with E-state index in [-0.39, 0.29) is 22.6 Å². The molecule has 0 aliphatic carbocycles. The molecule has 0 aliphatic rings. The zero-order valence-electron chi connectivity index (χ0n) is 11.8. The van der Waals surface area contributed by atoms with Crippen LogP contribution < -0.4 is 5.32 Å². The van der Waals surface area contributed by atoms with Crippen molar-refractivity contribution in [2.24, 2.45) is 7.05 Å². The van der Waals surface area contributed by atoms with Crippen LogP contribution in [0.5, 0.6) is 0 Å². The monoisotopic (exact) mass is 304 g/mol. The number of hydrogen-bond acceptors (Lipinski definition) is 6. The summed E-state index contributed by atoms with van der Waals surface area (Å²) in [6.45, 7) is 0. The van der Waals surface area contributed by atoms with E-state index < -0.39 is 16.8 Å². The summed E-state index contributed by atoms with van der Waals surface area (Å²) in [5, 5.41) is 17.1. The highest BCUT2D eigenvalue weighted by Crippen LogP contribution is 2.18. The van der Waals surface area contributed by atoms with E-state index >= 15 is 0 Å². The number of carbonyl (C=O) groups excluding carboxylic acids is 2. The van der Waals surface area contributed by atoms with Crippen LogP contribution in [0.2, 0.25) is 0 Å². The van der Waals surface area contributed by atoms with Gasteiger partial charge >= 0.3 is 5.97 Å². The number of ether oxygens (including phenoxy) is 1. The number of carbonyl (C=O) groups is 2. The lowest BCUT2D eigenvalue weighted by Gasteiger charge is -2.04. The summed E-state index contributed by atoms with van der Waals surface area (Å²) < 4.78 is 5.92. The van der Waals surface area contributed by atoms with Gasteiger partial charge in [0.1, 0.15) is 0 Å². The van der Waals surface area contributed by atoms with Crippen molar-refractivity contribution in [3.05, 3.63) is 51.8 Å². The second kappa shape index (κ2) is 6.04. The lowest BCUT2D eigenvalue weighted by Crippen LogP contribution is -2.14. The summed E-state index contributed by atoms with van der Waals surface area (Å²) in [7, 11) is 2.78. The van der Waals surface area contributed by atoms with E-state index in [1.807, 2.05) is 0 Å². The lowest BCUT2D eigenvalue weighted by atomic mass is 10.2. The first-order valence-electron chi connectivity index (χ1n) is 6.10. The molecule has 2 aromatic rings. The quantitative estimate of drug-likeness (QED) is 0.518. The van der Waals surface area contributed by atoms with Crippen LogP contribution >= 0.6 is 0 Å². The van der Waals surface area contributed by atoms with E-state index in [9.17, 15) is 19.7 Å². The summed E-state index contributed by atoms with van der Waals surface area (Å²) in [6, 6.07) is 5.25. The molecule has 9 heteroatoms. The molecular formula is C13H12N4O5. The fourth-order valence-corrected chi connectivity index (χ4v) is 1.78. The van der Waals surface area contributed by atoms with E-state index in [4.69, 9.17) is 0 Å². The molecule has 0 aliphatic heterocycles. The summed E-state index contributed by atoms with van der Waals surface area (Å²) in [4.78, 5) is 33.8. The molecule has 22 heavy (non-hydrogen) atoms. The van der Waals surface area contributed by atoms with Crippen molar-refractivity contribution in [3.63, 3.8) is 0 Å². The van der Waals surface area contributed by atoms with Crippen LogP contribution in [0.15, 0.2) is 30.5 Å². The van der Waals surface area contributed by atoms with Crippen LogP contribution in [0.3, 0.4) is 0 Å². The number of esters is 1. The van der Waals surface area contributed by atoms with Crippen LogP contribution in [0.1, 0.15) is 20.8 Å². The zero-order chi connectivity index (χ0) is 16.3. The Bertz CT molecular complexity index is 753. The molecule has 0 spiro atoms. The number of nitrogens with zero attached hydrogens (tertiary/aromatic N) is 3. The smallest absolute Gasteiger partial charge is 0.360 e. The molecule has 1 heterocycles. The molecular weight excluding hydrogens is 292 g/mol. The summed E-state index contributed by atoms with van der Waals surface area (Å²) in [5.41, 5.74) is -0.00414. The van der Waals surface area contributed by atoms with Gasteiger partial charge in [-0.2, -0.15) is 5.10 Å². The molecule has 0 atom stereocenters. The molecule has 2 rings (SSSR count). The van der Waals surface area contributed by atoms with Gasteiger partial charge < -0.3 is 10.1 Å². The largest absolute Gasteiger partial charge is 0.464 e. The van der Waals surface area contributed by atoms with E-state index in [1.54, 1.807) is 7.05 Å². The predicted molar refractivity (Wildman–Crippen MR) is 75.6 cm³/mol. The van der Waals surface area contributed by atoms with Gasteiger partial charge in [0, 0.05) is 30.9 Å². The summed E-state index contributed by atoms with van der Waals surface area (Å²) in [5.74, 6) is -1.29. The SMILES string of the molecule is COC(=O)c1nn(C)cc1NC(=O)c1cccc([N+](=O)[O-])c1. The molecule has 0 unspecified atom stereocenters. The number of nitro groups is 1. The van der Waals surface area contributed by atoms with Gasteiger partial charge in [0.05, 0.1) is 17.7 Å². The molecule has 1 amide bonds. The Kier molecular flexibility index (Phi) is 4.16. The first-order valence-corrected chi connectivity index (χ1v) is 6.10. The lowest BCUT2D eigenvalue weighted by molar-refractivity contribution is -0.384. The third-order valence-corrected chi connectivity index (χ3v) is 2.77. The van der Waals surface area contributed by atoms with Crippen LogP contribution in [-0.2, 0) is 11.8 Å². The Hall–Kier alpha value is -3.23. The standard InChI is InChI=1S/C13H12N4O5/c1-16-7-10(11(15-16)13(19)22-2)14-12(18)8-4-3-5-9(6-8)17(20)21/h3-7H,1-2H3,(H,14,18). The number of nitrogens with one attached hydrogen (secondary N) is 1. The fourth-order valence-electron chi connectivity index (χ4n) is 1.78. The number of aromatic nitrogens is 2. The van der Waals surface area contributed by atoms with Gasteiger partial charge in [-0.25, -0.2) is 4.79 Å². The van der Waals surface area contributed by atoms with Crippen molar-refractivity contribution in [3.8, 4) is 0 Å². The number of non-ortho nitro benzene ring substituents is 1. The van der Waals surface area contributed by atoms with Crippen LogP contribution in [0, 0.1) is 10.1 Å². The van der Waals surface area contributed by atoms with Crippen molar-refractivity contribution in [2.75, 3.05) is 12.4 Å². The Balaban J connectivity index is 2.28. The maximum atomic E-state index is 12.1. The Labute approximate surface area is 124 Å². The highest BCUT2D eigenvalue weighted by Gasteiger charge is 2.19. The van der Waals surface area contributed by atoms with Gasteiger partial charge in [0.2, 0.25) is 0 Å². The molecule has 0 radical (unpaired) electrons. The Morgan fingerprint density at radius 3 is 2.77 bits per heavy atom. The molecule has 114 valence electrons. The predicted octanol–water partition coefficient (Wildman–Crippen LogP) is 1.37. The van der Waals surface area contributed by atoms with Gasteiger partial charge in [-0.15, -0.1) is 0 Å². The van der Waals surface area contributed by atoms with Crippen LogP contribution in [-0.4, -0.2) is 33.7 Å². The van der Waals surface area contributed by atoms with Crippen molar-refractivity contribution in [2.45, 2.75) is 0 Å². The van der Waals surface area contributed by atoms with E-state index in [1.165, 1.54) is 36.2 Å². The normalized spacial score (nSPS) is 10.1. The average Bonchev–Trinajstić information content (AvgIpc) is 2.87. The third-order valence-electron chi connectivity index (χ3n) is 2.77. The van der Waals surface area contributed by atoms with Crippen molar-refractivity contribution < 1.29 is 19.2 Å². The number of amides is 1. The molecule has 1 aromatic heterocycles. The third kappa shape index (κ3) is 3.08. The Morgan fingerprint density at radius 1 is 1.41 bits per heavy atom. The summed E-state index contributed by atoms with van der Waals surface area (Å²) >= 11 is 0. The highest BCUT2D eigenvalue weighted by molar-refractivity contribution is 6.07. The molecule has 0 saturated carbocycles. The second-order valence-electron chi connectivity index (χ2n) is 4.32. The van der Waals surface area contributed by atoms with Gasteiger partial charge in [-0.1, -0.05) is 6.07 Å². The van der Waals surface area contributed by atoms with Gasteiger partial charge in [0.15, 0.2) is 5.69 Å². The number of benzene rings is 1. The molecule has 0 fully saturated rings. The molecule has 9 nitrogen and oxygen atoms in total. The van der Waals surface area contributed by atoms with E-state index in [0.29, 0.717) is 0 Å². The minimum absolute atomic E-state index is 0.0521. The van der Waals surface area contributed by atoms with Crippen molar-refractivity contribution >= 4 is 23.3 Å². The Morgan fingerprint density at radius 2 is 2.14 bits per heavy atom. The number of nitro benzene ring substituents is 1. The summed E-state index contributed by atoms with van der Waals surface area (Å²) in [6.07, 6.45) is 1.43. The zero-order valence-corrected chi connectivity index (χ0v) is 11.8. The average molecular weight is 304 g/mol. The number of rotatable bonds is 4. The highest BCUT2D eigenvalue weighted by atomic mass is 16.6. The number of anilines is 1. The molecule has 1 aromatic carbocycles. The van der Waals surface area contributed by atoms with Gasteiger partial charge in [-0.05, 0) is 6.07 Å². The first kappa shape index (κ1) is 15.2. The van der Waals surface area contributed by atoms with Crippen LogP contribution in [0.25, 0.3) is 0 Å². The molecule has 1 N–H and O–H groups in total. The van der Waals surface area contributed by atoms with Gasteiger partial charge in [0.25, 0.3) is 11.6 Å². The van der Waals surface area contributed by atoms with Crippen LogP contribution in [0.4, 0.5) is 11.4 Å². The van der Waals surface area contributed by atoms with Crippen molar-refractivity contribution in [1.82, 2.24) is 9.78 Å². The van der Waals surface area contributed by atoms with Gasteiger partial charge in [-0.3, -0.25) is 19.6 Å². The van der Waals surface area contributed by atoms with Crippen molar-refractivity contribution in [1.29, 1.82) is 0 Å². The maximum Gasteiger partial charge on any atom is 0.360 e. The molecule has 0 saturated heterocycles. The molecule has 0 bridgehead atoms. The first-order chi connectivity index (χ1) is 10.4. The van der Waals surface area contributed by atoms with E-state index in [0.717, 1.165) is 6.07 Å². The second-order valence-corrected chi connectivity index (χ2v) is 4.32. The minimum atomic E-state index is -0.699. The van der Waals surface area contributed by atoms with E-state index in [2.05, 4.69) is 15.2 Å². The minimum Gasteiger partial charge on any atom is -0.464 e. The number of hydrogen-bond donors (Lipinski definition) is 1. The topological polar surface area (TPSA) is 116 Å². The fraction of sp³-hybridized carbons (Fsp3) is 0.154. The number of aryl methyl sites for hydroxylation is 1.